The van der Waals surface area contributed by atoms with Crippen LogP contribution in [0.1, 0.15) is 56.7 Å². The number of benzene rings is 1. The fourth-order valence-electron chi connectivity index (χ4n) is 3.55. The predicted octanol–water partition coefficient (Wildman–Crippen LogP) is 5.09. The molecule has 0 amide bonds. The van der Waals surface area contributed by atoms with E-state index in [0.29, 0.717) is 11.5 Å². The molecule has 1 N–H and O–H groups in total. The zero-order chi connectivity index (χ0) is 15.5. The largest absolute Gasteiger partial charge is 0.313 e. The van der Waals surface area contributed by atoms with Crippen LogP contribution in [-0.4, -0.2) is 17.8 Å². The van der Waals surface area contributed by atoms with Crippen LogP contribution >= 0.6 is 11.8 Å². The van der Waals surface area contributed by atoms with Gasteiger partial charge in [-0.2, -0.15) is 11.8 Å². The van der Waals surface area contributed by atoms with Crippen molar-refractivity contribution in [1.29, 1.82) is 0 Å². The average Bonchev–Trinajstić information content (AvgIpc) is 2.38. The number of nitrogens with one attached hydrogen (secondary N) is 1. The Kier molecular flexibility index (Phi) is 5.79. The van der Waals surface area contributed by atoms with Crippen LogP contribution in [-0.2, 0) is 5.75 Å². The zero-order valence-electron chi connectivity index (χ0n) is 14.3. The quantitative estimate of drug-likeness (QED) is 0.813. The molecule has 0 radical (unpaired) electrons. The highest BCUT2D eigenvalue weighted by molar-refractivity contribution is 7.99. The minimum absolute atomic E-state index is 0.506. The first kappa shape index (κ1) is 16.9. The van der Waals surface area contributed by atoms with Gasteiger partial charge >= 0.3 is 0 Å². The smallest absolute Gasteiger partial charge is 0.0209 e. The molecule has 1 aromatic carbocycles. The summed E-state index contributed by atoms with van der Waals surface area (Å²) in [5.41, 5.74) is 4.76. The highest BCUT2D eigenvalue weighted by Gasteiger charge is 2.34. The van der Waals surface area contributed by atoms with Crippen molar-refractivity contribution in [3.05, 3.63) is 34.9 Å². The van der Waals surface area contributed by atoms with Crippen LogP contribution in [0.5, 0.6) is 0 Å². The normalized spacial score (nSPS) is 25.0. The molecule has 0 saturated heterocycles. The van der Waals surface area contributed by atoms with Crippen molar-refractivity contribution >= 4 is 11.8 Å². The molecular weight excluding hydrogens is 274 g/mol. The van der Waals surface area contributed by atoms with Gasteiger partial charge in [-0.15, -0.1) is 0 Å². The fourth-order valence-corrected chi connectivity index (χ4v) is 5.15. The van der Waals surface area contributed by atoms with Gasteiger partial charge in [0.1, 0.15) is 0 Å². The average molecular weight is 306 g/mol. The Morgan fingerprint density at radius 2 is 1.86 bits per heavy atom. The Hall–Kier alpha value is -0.470. The Morgan fingerprint density at radius 1 is 1.19 bits per heavy atom. The lowest BCUT2D eigenvalue weighted by molar-refractivity contribution is 0.215. The highest BCUT2D eigenvalue weighted by atomic mass is 32.2. The first-order valence-electron chi connectivity index (χ1n) is 8.32. The molecule has 118 valence electrons. The summed E-state index contributed by atoms with van der Waals surface area (Å²) < 4.78 is 0. The highest BCUT2D eigenvalue weighted by Crippen LogP contribution is 2.41. The molecule has 2 heteroatoms. The standard InChI is InChI=1S/C19H31NS/c1-6-20-17-7-8-19(4,5)12-18(17)21-13-16-10-14(2)9-15(3)11-16/h9-11,17-18,20H,6-8,12-13H2,1-5H3. The lowest BCUT2D eigenvalue weighted by atomic mass is 9.75. The summed E-state index contributed by atoms with van der Waals surface area (Å²) in [7, 11) is 0. The lowest BCUT2D eigenvalue weighted by Gasteiger charge is -2.41. The summed E-state index contributed by atoms with van der Waals surface area (Å²) in [5.74, 6) is 1.14. The fraction of sp³-hybridized carbons (Fsp3) is 0.684. The van der Waals surface area contributed by atoms with E-state index in [4.69, 9.17) is 0 Å². The third-order valence-electron chi connectivity index (χ3n) is 4.55. The second kappa shape index (κ2) is 7.19. The molecule has 2 unspecified atom stereocenters. The molecule has 0 aliphatic heterocycles. The molecule has 1 fully saturated rings. The first-order valence-corrected chi connectivity index (χ1v) is 9.37. The first-order chi connectivity index (χ1) is 9.89. The minimum atomic E-state index is 0.506. The molecule has 21 heavy (non-hydrogen) atoms. The van der Waals surface area contributed by atoms with E-state index in [-0.39, 0.29) is 0 Å². The zero-order valence-corrected chi connectivity index (χ0v) is 15.1. The van der Waals surface area contributed by atoms with E-state index in [0.717, 1.165) is 17.5 Å². The van der Waals surface area contributed by atoms with E-state index < -0.39 is 0 Å². The molecule has 0 bridgehead atoms. The maximum Gasteiger partial charge on any atom is 0.0209 e. The SMILES string of the molecule is CCNC1CCC(C)(C)CC1SCc1cc(C)cc(C)c1. The Bertz CT molecular complexity index is 446. The number of rotatable bonds is 5. The third kappa shape index (κ3) is 5.03. The van der Waals surface area contributed by atoms with Crippen molar-refractivity contribution in [3.8, 4) is 0 Å². The summed E-state index contributed by atoms with van der Waals surface area (Å²) in [6, 6.07) is 7.64. The monoisotopic (exact) mass is 305 g/mol. The van der Waals surface area contributed by atoms with Gasteiger partial charge in [0.25, 0.3) is 0 Å². The van der Waals surface area contributed by atoms with Crippen LogP contribution in [0.4, 0.5) is 0 Å². The molecule has 1 aliphatic carbocycles. The van der Waals surface area contributed by atoms with Gasteiger partial charge in [0, 0.05) is 17.0 Å². The molecule has 0 aromatic heterocycles. The van der Waals surface area contributed by atoms with E-state index >= 15 is 0 Å². The Labute approximate surface area is 135 Å². The molecule has 1 nitrogen and oxygen atoms in total. The van der Waals surface area contributed by atoms with E-state index in [9.17, 15) is 0 Å². The van der Waals surface area contributed by atoms with Crippen LogP contribution < -0.4 is 5.32 Å². The number of thioether (sulfide) groups is 1. The second-order valence-electron chi connectivity index (χ2n) is 7.42. The summed E-state index contributed by atoms with van der Waals surface area (Å²) in [5, 5.41) is 4.46. The van der Waals surface area contributed by atoms with E-state index in [1.807, 2.05) is 0 Å². The number of aryl methyl sites for hydroxylation is 2. The van der Waals surface area contributed by atoms with Crippen LogP contribution in [0.3, 0.4) is 0 Å². The number of hydrogen-bond donors (Lipinski definition) is 1. The van der Waals surface area contributed by atoms with Crippen molar-refractivity contribution in [2.75, 3.05) is 6.54 Å². The van der Waals surface area contributed by atoms with Crippen molar-refractivity contribution in [1.82, 2.24) is 5.32 Å². The molecule has 0 heterocycles. The summed E-state index contributed by atoms with van der Waals surface area (Å²) in [6.07, 6.45) is 4.01. The van der Waals surface area contributed by atoms with Gasteiger partial charge in [0.15, 0.2) is 0 Å². The number of hydrogen-bond acceptors (Lipinski definition) is 2. The van der Waals surface area contributed by atoms with Crippen LogP contribution in [0.2, 0.25) is 0 Å². The van der Waals surface area contributed by atoms with Gasteiger partial charge in [-0.1, -0.05) is 50.1 Å². The van der Waals surface area contributed by atoms with Gasteiger partial charge < -0.3 is 5.32 Å². The second-order valence-corrected chi connectivity index (χ2v) is 8.64. The third-order valence-corrected chi connectivity index (χ3v) is 5.97. The predicted molar refractivity (Wildman–Crippen MR) is 96.1 cm³/mol. The summed E-state index contributed by atoms with van der Waals surface area (Å²) >= 11 is 2.16. The van der Waals surface area contributed by atoms with Crippen molar-refractivity contribution in [2.45, 2.75) is 70.9 Å². The summed E-state index contributed by atoms with van der Waals surface area (Å²) in [6.45, 7) is 12.6. The molecule has 0 spiro atoms. The van der Waals surface area contributed by atoms with Crippen LogP contribution in [0.15, 0.2) is 18.2 Å². The minimum Gasteiger partial charge on any atom is -0.313 e. The molecule has 2 rings (SSSR count). The van der Waals surface area contributed by atoms with Crippen molar-refractivity contribution in [3.63, 3.8) is 0 Å². The van der Waals surface area contributed by atoms with Gasteiger partial charge in [-0.3, -0.25) is 0 Å². The maximum atomic E-state index is 3.71. The van der Waals surface area contributed by atoms with Gasteiger partial charge in [-0.05, 0) is 50.6 Å². The van der Waals surface area contributed by atoms with E-state index in [2.05, 4.69) is 69.9 Å². The van der Waals surface area contributed by atoms with Gasteiger partial charge in [-0.25, -0.2) is 0 Å². The molecule has 1 aliphatic rings. The maximum absolute atomic E-state index is 3.71. The van der Waals surface area contributed by atoms with Gasteiger partial charge in [0.2, 0.25) is 0 Å². The molecule has 2 atom stereocenters. The van der Waals surface area contributed by atoms with Crippen molar-refractivity contribution < 1.29 is 0 Å². The Morgan fingerprint density at radius 3 is 2.48 bits per heavy atom. The topological polar surface area (TPSA) is 12.0 Å². The Balaban J connectivity index is 2.00. The van der Waals surface area contributed by atoms with E-state index in [1.165, 1.54) is 36.0 Å². The summed E-state index contributed by atoms with van der Waals surface area (Å²) in [4.78, 5) is 0. The van der Waals surface area contributed by atoms with Crippen LogP contribution in [0.25, 0.3) is 0 Å². The van der Waals surface area contributed by atoms with Crippen LogP contribution in [0, 0.1) is 19.3 Å². The lowest BCUT2D eigenvalue weighted by Crippen LogP contribution is -2.44. The molecular formula is C19H31NS. The van der Waals surface area contributed by atoms with Crippen molar-refractivity contribution in [2.24, 2.45) is 5.41 Å². The van der Waals surface area contributed by atoms with Gasteiger partial charge in [0.05, 0.1) is 0 Å². The molecule has 1 aromatic rings. The van der Waals surface area contributed by atoms with E-state index in [1.54, 1.807) is 0 Å². The molecule has 1 saturated carbocycles.